The first-order valence-corrected chi connectivity index (χ1v) is 6.47. The van der Waals surface area contributed by atoms with Crippen LogP contribution >= 0.6 is 22.6 Å². The predicted molar refractivity (Wildman–Crippen MR) is 75.0 cm³/mol. The summed E-state index contributed by atoms with van der Waals surface area (Å²) < 4.78 is 6.02. The molecule has 1 aromatic heterocycles. The zero-order valence-corrected chi connectivity index (χ0v) is 12.5. The number of carbonyl (C=O) groups is 1. The van der Waals surface area contributed by atoms with Gasteiger partial charge in [0.25, 0.3) is 5.91 Å². The van der Waals surface area contributed by atoms with Crippen LogP contribution in [0.25, 0.3) is 0 Å². The average molecular weight is 348 g/mol. The molecule has 1 amide bonds. The van der Waals surface area contributed by atoms with E-state index in [1.54, 1.807) is 31.5 Å². The lowest BCUT2D eigenvalue weighted by Crippen LogP contribution is -2.32. The lowest BCUT2D eigenvalue weighted by Gasteiger charge is -2.21. The number of halogens is 1. The number of hydrogen-bond donors (Lipinski definition) is 0. The normalized spacial score (nSPS) is 12.2. The van der Waals surface area contributed by atoms with Crippen molar-refractivity contribution in [2.45, 2.75) is 6.92 Å². The lowest BCUT2D eigenvalue weighted by molar-refractivity contribution is 0.0735. The minimum Gasteiger partial charge on any atom is -0.384 e. The topological polar surface area (TPSA) is 42.4 Å². The summed E-state index contributed by atoms with van der Waals surface area (Å²) in [5, 5.41) is 0. The Morgan fingerprint density at radius 1 is 1.59 bits per heavy atom. The molecule has 0 aromatic carbocycles. The van der Waals surface area contributed by atoms with E-state index in [2.05, 4.69) is 34.5 Å². The van der Waals surface area contributed by atoms with Gasteiger partial charge in [-0.05, 0) is 34.6 Å². The van der Waals surface area contributed by atoms with Gasteiger partial charge < -0.3 is 9.64 Å². The molecule has 0 aliphatic rings. The summed E-state index contributed by atoms with van der Waals surface area (Å²) in [6.45, 7) is 3.39. The van der Waals surface area contributed by atoms with Gasteiger partial charge in [0.2, 0.25) is 0 Å². The number of methoxy groups -OCH3 is 1. The van der Waals surface area contributed by atoms with Crippen molar-refractivity contribution < 1.29 is 9.53 Å². The first-order valence-electron chi connectivity index (χ1n) is 5.39. The minimum absolute atomic E-state index is 0.000955. The lowest BCUT2D eigenvalue weighted by atomic mass is 10.1. The van der Waals surface area contributed by atoms with Crippen LogP contribution in [-0.2, 0) is 4.74 Å². The monoisotopic (exact) mass is 348 g/mol. The maximum absolute atomic E-state index is 12.1. The fourth-order valence-electron chi connectivity index (χ4n) is 1.64. The van der Waals surface area contributed by atoms with Crippen LogP contribution in [0.15, 0.2) is 18.5 Å². The van der Waals surface area contributed by atoms with Crippen LogP contribution in [0.5, 0.6) is 0 Å². The number of pyridine rings is 1. The molecule has 0 saturated heterocycles. The van der Waals surface area contributed by atoms with Gasteiger partial charge in [-0.1, -0.05) is 6.92 Å². The van der Waals surface area contributed by atoms with Crippen LogP contribution in [-0.4, -0.2) is 43.1 Å². The standard InChI is InChI=1S/C12H17IN2O2/c1-9(8-17-3)7-15(2)12(16)10-4-11(13)6-14-5-10/h4-6,9H,7-8H2,1-3H3/t9-/m0/s1. The summed E-state index contributed by atoms with van der Waals surface area (Å²) >= 11 is 2.15. The third-order valence-electron chi connectivity index (χ3n) is 2.34. The van der Waals surface area contributed by atoms with Gasteiger partial charge in [0.15, 0.2) is 0 Å². The fourth-order valence-corrected chi connectivity index (χ4v) is 2.13. The maximum atomic E-state index is 12.1. The molecule has 0 aliphatic carbocycles. The average Bonchev–Trinajstić information content (AvgIpc) is 2.28. The van der Waals surface area contributed by atoms with Crippen molar-refractivity contribution >= 4 is 28.5 Å². The van der Waals surface area contributed by atoms with Gasteiger partial charge in [0.05, 0.1) is 12.2 Å². The van der Waals surface area contributed by atoms with Crippen molar-refractivity contribution in [1.29, 1.82) is 0 Å². The second-order valence-electron chi connectivity index (χ2n) is 4.14. The third kappa shape index (κ3) is 4.59. The molecule has 94 valence electrons. The van der Waals surface area contributed by atoms with E-state index in [1.165, 1.54) is 0 Å². The molecular formula is C12H17IN2O2. The van der Waals surface area contributed by atoms with E-state index in [0.29, 0.717) is 24.6 Å². The molecule has 0 N–H and O–H groups in total. The molecule has 0 bridgehead atoms. The van der Waals surface area contributed by atoms with Gasteiger partial charge in [0, 0.05) is 36.7 Å². The molecule has 1 heterocycles. The molecule has 5 heteroatoms. The van der Waals surface area contributed by atoms with Crippen LogP contribution in [0.2, 0.25) is 0 Å². The number of nitrogens with zero attached hydrogens (tertiary/aromatic N) is 2. The predicted octanol–water partition coefficient (Wildman–Crippen LogP) is 2.04. The van der Waals surface area contributed by atoms with E-state index in [9.17, 15) is 4.79 Å². The summed E-state index contributed by atoms with van der Waals surface area (Å²) in [4.78, 5) is 17.8. The number of hydrogen-bond acceptors (Lipinski definition) is 3. The first-order chi connectivity index (χ1) is 8.04. The van der Waals surface area contributed by atoms with Crippen molar-refractivity contribution in [2.24, 2.45) is 5.92 Å². The molecule has 0 aliphatic heterocycles. The Morgan fingerprint density at radius 2 is 2.29 bits per heavy atom. The molecule has 0 radical (unpaired) electrons. The van der Waals surface area contributed by atoms with E-state index in [0.717, 1.165) is 3.57 Å². The van der Waals surface area contributed by atoms with Crippen molar-refractivity contribution in [3.63, 3.8) is 0 Å². The van der Waals surface area contributed by atoms with E-state index >= 15 is 0 Å². The van der Waals surface area contributed by atoms with Gasteiger partial charge in [-0.15, -0.1) is 0 Å². The highest BCUT2D eigenvalue weighted by Gasteiger charge is 2.14. The van der Waals surface area contributed by atoms with E-state index in [-0.39, 0.29) is 5.91 Å². The smallest absolute Gasteiger partial charge is 0.255 e. The molecule has 1 atom stereocenters. The Morgan fingerprint density at radius 3 is 2.88 bits per heavy atom. The molecule has 0 unspecified atom stereocenters. The molecule has 1 aromatic rings. The highest BCUT2D eigenvalue weighted by Crippen LogP contribution is 2.09. The molecule has 0 saturated carbocycles. The molecular weight excluding hydrogens is 331 g/mol. The number of amides is 1. The van der Waals surface area contributed by atoms with Crippen LogP contribution in [0.3, 0.4) is 0 Å². The van der Waals surface area contributed by atoms with Crippen LogP contribution < -0.4 is 0 Å². The van der Waals surface area contributed by atoms with Gasteiger partial charge in [-0.25, -0.2) is 0 Å². The largest absolute Gasteiger partial charge is 0.384 e. The van der Waals surface area contributed by atoms with Gasteiger partial charge in [0.1, 0.15) is 0 Å². The SMILES string of the molecule is COC[C@@H](C)CN(C)C(=O)c1cncc(I)c1. The fraction of sp³-hybridized carbons (Fsp3) is 0.500. The summed E-state index contributed by atoms with van der Waals surface area (Å²) in [6, 6.07) is 1.84. The van der Waals surface area contributed by atoms with Crippen molar-refractivity contribution in [1.82, 2.24) is 9.88 Å². The highest BCUT2D eigenvalue weighted by atomic mass is 127. The summed E-state index contributed by atoms with van der Waals surface area (Å²) in [5.74, 6) is 0.323. The minimum atomic E-state index is -0.000955. The van der Waals surface area contributed by atoms with Crippen molar-refractivity contribution in [2.75, 3.05) is 27.3 Å². The number of carbonyl (C=O) groups excluding carboxylic acids is 1. The molecule has 0 fully saturated rings. The van der Waals surface area contributed by atoms with Crippen LogP contribution in [0.1, 0.15) is 17.3 Å². The Kier molecular flexibility index (Phi) is 5.84. The van der Waals surface area contributed by atoms with Crippen LogP contribution in [0, 0.1) is 9.49 Å². The number of ether oxygens (including phenoxy) is 1. The Hall–Kier alpha value is -0.690. The zero-order valence-electron chi connectivity index (χ0n) is 10.3. The van der Waals surface area contributed by atoms with E-state index < -0.39 is 0 Å². The highest BCUT2D eigenvalue weighted by molar-refractivity contribution is 14.1. The quantitative estimate of drug-likeness (QED) is 0.765. The first kappa shape index (κ1) is 14.4. The Bertz CT molecular complexity index is 385. The second kappa shape index (κ2) is 6.90. The summed E-state index contributed by atoms with van der Waals surface area (Å²) in [6.07, 6.45) is 3.33. The Balaban J connectivity index is 2.63. The maximum Gasteiger partial charge on any atom is 0.255 e. The zero-order chi connectivity index (χ0) is 12.8. The third-order valence-corrected chi connectivity index (χ3v) is 2.93. The molecule has 0 spiro atoms. The van der Waals surface area contributed by atoms with Gasteiger partial charge in [-0.2, -0.15) is 0 Å². The number of rotatable bonds is 5. The van der Waals surface area contributed by atoms with E-state index in [4.69, 9.17) is 4.74 Å². The second-order valence-corrected chi connectivity index (χ2v) is 5.38. The van der Waals surface area contributed by atoms with E-state index in [1.807, 2.05) is 6.07 Å². The van der Waals surface area contributed by atoms with Crippen molar-refractivity contribution in [3.05, 3.63) is 27.6 Å². The molecule has 1 rings (SSSR count). The van der Waals surface area contributed by atoms with Gasteiger partial charge >= 0.3 is 0 Å². The van der Waals surface area contributed by atoms with Crippen molar-refractivity contribution in [3.8, 4) is 0 Å². The molecule has 4 nitrogen and oxygen atoms in total. The summed E-state index contributed by atoms with van der Waals surface area (Å²) in [5.41, 5.74) is 0.629. The Labute approximate surface area is 116 Å². The van der Waals surface area contributed by atoms with Crippen LogP contribution in [0.4, 0.5) is 0 Å². The number of aromatic nitrogens is 1. The summed E-state index contributed by atoms with van der Waals surface area (Å²) in [7, 11) is 3.47. The molecule has 17 heavy (non-hydrogen) atoms. The van der Waals surface area contributed by atoms with Gasteiger partial charge in [-0.3, -0.25) is 9.78 Å².